The molecular weight excluding hydrogens is 386 g/mol. The smallest absolute Gasteiger partial charge is 0.235 e. The highest BCUT2D eigenvalue weighted by molar-refractivity contribution is 7.19. The van der Waals surface area contributed by atoms with Crippen LogP contribution in [0.2, 0.25) is 0 Å². The Morgan fingerprint density at radius 3 is 2.48 bits per heavy atom. The van der Waals surface area contributed by atoms with E-state index in [0.717, 1.165) is 44.1 Å². The summed E-state index contributed by atoms with van der Waals surface area (Å²) in [6.45, 7) is 0.261. The second-order valence-corrected chi connectivity index (χ2v) is 7.09. The number of nitrogens with zero attached hydrogens (tertiary/aromatic N) is 5. The number of rotatable bonds is 3. The molecule has 0 spiro atoms. The molecule has 0 aliphatic carbocycles. The summed E-state index contributed by atoms with van der Waals surface area (Å²) in [6, 6.07) is 14.0. The first-order valence-electron chi connectivity index (χ1n) is 8.09. The third-order valence-electron chi connectivity index (χ3n) is 4.25. The van der Waals surface area contributed by atoms with Gasteiger partial charge in [-0.2, -0.15) is 9.61 Å². The molecule has 5 rings (SSSR count). The summed E-state index contributed by atoms with van der Waals surface area (Å²) in [5, 5.41) is 14.1. The molecule has 4 aromatic rings. The minimum Gasteiger partial charge on any atom is -0.454 e. The third kappa shape index (κ3) is 2.96. The molecule has 3 heterocycles. The zero-order valence-corrected chi connectivity index (χ0v) is 16.3. The highest BCUT2D eigenvalue weighted by Gasteiger charge is 2.18. The number of ether oxygens (including phenoxy) is 2. The molecular formula is C18H16ClN5O2S. The molecule has 27 heavy (non-hydrogen) atoms. The lowest BCUT2D eigenvalue weighted by molar-refractivity contribution is 0.174. The summed E-state index contributed by atoms with van der Waals surface area (Å²) in [6.07, 6.45) is 0. The van der Waals surface area contributed by atoms with Crippen LogP contribution in [0.1, 0.15) is 0 Å². The van der Waals surface area contributed by atoms with Gasteiger partial charge in [0.1, 0.15) is 5.01 Å². The van der Waals surface area contributed by atoms with Gasteiger partial charge in [-0.15, -0.1) is 22.6 Å². The van der Waals surface area contributed by atoms with Gasteiger partial charge in [0, 0.05) is 30.9 Å². The Labute approximate surface area is 165 Å². The Hall–Kier alpha value is -2.84. The van der Waals surface area contributed by atoms with E-state index in [1.54, 1.807) is 4.52 Å². The van der Waals surface area contributed by atoms with Crippen LogP contribution in [0.15, 0.2) is 42.5 Å². The maximum absolute atomic E-state index is 5.46. The third-order valence-corrected chi connectivity index (χ3v) is 5.20. The minimum absolute atomic E-state index is 0. The first-order chi connectivity index (χ1) is 12.7. The van der Waals surface area contributed by atoms with Crippen molar-refractivity contribution in [3.8, 4) is 33.5 Å². The monoisotopic (exact) mass is 401 g/mol. The zero-order chi connectivity index (χ0) is 17.7. The van der Waals surface area contributed by atoms with Crippen LogP contribution in [-0.2, 0) is 0 Å². The van der Waals surface area contributed by atoms with Crippen molar-refractivity contribution in [3.63, 3.8) is 0 Å². The van der Waals surface area contributed by atoms with Crippen molar-refractivity contribution in [1.29, 1.82) is 0 Å². The molecule has 0 atom stereocenters. The number of fused-ring (bicyclic) bond motifs is 2. The van der Waals surface area contributed by atoms with E-state index in [4.69, 9.17) is 14.6 Å². The van der Waals surface area contributed by atoms with Crippen LogP contribution >= 0.6 is 23.7 Å². The van der Waals surface area contributed by atoms with Crippen molar-refractivity contribution in [1.82, 2.24) is 19.8 Å². The largest absolute Gasteiger partial charge is 0.454 e. The van der Waals surface area contributed by atoms with Gasteiger partial charge >= 0.3 is 0 Å². The fourth-order valence-electron chi connectivity index (χ4n) is 2.85. The molecule has 9 heteroatoms. The zero-order valence-electron chi connectivity index (χ0n) is 14.6. The molecule has 0 fully saturated rings. The lowest BCUT2D eigenvalue weighted by Gasteiger charge is -2.11. The van der Waals surface area contributed by atoms with E-state index >= 15 is 0 Å². The summed E-state index contributed by atoms with van der Waals surface area (Å²) in [5.74, 6) is 2.24. The molecule has 2 aromatic heterocycles. The molecule has 0 amide bonds. The van der Waals surface area contributed by atoms with E-state index in [9.17, 15) is 0 Å². The average molecular weight is 402 g/mol. The van der Waals surface area contributed by atoms with Crippen LogP contribution in [-0.4, -0.2) is 40.7 Å². The summed E-state index contributed by atoms with van der Waals surface area (Å²) >= 11 is 1.49. The first-order valence-corrected chi connectivity index (χ1v) is 8.91. The standard InChI is InChI=1S/C18H15N5O2S.ClH/c1-22(2)13-6-3-11(4-7-13)16-19-20-18-23(16)21-17(26-18)12-5-8-14-15(9-12)25-10-24-14;/h3-9H,10H2,1-2H3;1H. The molecule has 0 unspecified atom stereocenters. The quantitative estimate of drug-likeness (QED) is 0.521. The molecule has 0 radical (unpaired) electrons. The van der Waals surface area contributed by atoms with Crippen LogP contribution in [0, 0.1) is 0 Å². The average Bonchev–Trinajstić information content (AvgIpc) is 3.36. The molecule has 2 aromatic carbocycles. The fourth-order valence-corrected chi connectivity index (χ4v) is 3.69. The Morgan fingerprint density at radius 1 is 0.963 bits per heavy atom. The molecule has 0 bridgehead atoms. The lowest BCUT2D eigenvalue weighted by Crippen LogP contribution is -2.08. The summed E-state index contributed by atoms with van der Waals surface area (Å²) in [4.78, 5) is 2.81. The molecule has 0 N–H and O–H groups in total. The second-order valence-electron chi connectivity index (χ2n) is 6.13. The van der Waals surface area contributed by atoms with Crippen molar-refractivity contribution < 1.29 is 9.47 Å². The predicted molar refractivity (Wildman–Crippen MR) is 107 cm³/mol. The highest BCUT2D eigenvalue weighted by atomic mass is 35.5. The predicted octanol–water partition coefficient (Wildman–Crippen LogP) is 3.74. The Morgan fingerprint density at radius 2 is 1.70 bits per heavy atom. The van der Waals surface area contributed by atoms with Crippen molar-refractivity contribution in [2.24, 2.45) is 0 Å². The van der Waals surface area contributed by atoms with Gasteiger partial charge in [0.25, 0.3) is 0 Å². The molecule has 1 aliphatic rings. The number of aromatic nitrogens is 4. The highest BCUT2D eigenvalue weighted by Crippen LogP contribution is 2.37. The van der Waals surface area contributed by atoms with Crippen LogP contribution in [0.5, 0.6) is 11.5 Å². The number of hydrogen-bond acceptors (Lipinski definition) is 7. The molecule has 0 saturated heterocycles. The molecule has 7 nitrogen and oxygen atoms in total. The van der Waals surface area contributed by atoms with Crippen LogP contribution in [0.25, 0.3) is 26.9 Å². The topological polar surface area (TPSA) is 64.8 Å². The number of benzene rings is 2. The van der Waals surface area contributed by atoms with Crippen LogP contribution in [0.3, 0.4) is 0 Å². The summed E-state index contributed by atoms with van der Waals surface area (Å²) in [7, 11) is 4.03. The minimum atomic E-state index is 0. The van der Waals surface area contributed by atoms with E-state index in [-0.39, 0.29) is 19.2 Å². The summed E-state index contributed by atoms with van der Waals surface area (Å²) in [5.41, 5.74) is 3.08. The van der Waals surface area contributed by atoms with E-state index in [0.29, 0.717) is 0 Å². The Balaban J connectivity index is 0.00000180. The first kappa shape index (κ1) is 17.6. The van der Waals surface area contributed by atoms with E-state index < -0.39 is 0 Å². The van der Waals surface area contributed by atoms with Crippen molar-refractivity contribution >= 4 is 34.4 Å². The second kappa shape index (κ2) is 6.71. The molecule has 0 saturated carbocycles. The van der Waals surface area contributed by atoms with Gasteiger partial charge in [-0.05, 0) is 42.5 Å². The number of hydrogen-bond donors (Lipinski definition) is 0. The van der Waals surface area contributed by atoms with Crippen molar-refractivity contribution in [2.75, 3.05) is 25.8 Å². The maximum Gasteiger partial charge on any atom is 0.235 e. The van der Waals surface area contributed by atoms with E-state index in [1.165, 1.54) is 11.3 Å². The van der Waals surface area contributed by atoms with Crippen molar-refractivity contribution in [3.05, 3.63) is 42.5 Å². The van der Waals surface area contributed by atoms with Gasteiger partial charge in [-0.3, -0.25) is 0 Å². The number of anilines is 1. The van der Waals surface area contributed by atoms with Gasteiger partial charge in [0.05, 0.1) is 0 Å². The summed E-state index contributed by atoms with van der Waals surface area (Å²) < 4.78 is 12.6. The Kier molecular flexibility index (Phi) is 4.37. The molecule has 138 valence electrons. The normalized spacial score (nSPS) is 12.2. The van der Waals surface area contributed by atoms with Gasteiger partial charge in [-0.1, -0.05) is 11.3 Å². The number of halogens is 1. The maximum atomic E-state index is 5.46. The lowest BCUT2D eigenvalue weighted by atomic mass is 10.2. The van der Waals surface area contributed by atoms with Crippen molar-refractivity contribution in [2.45, 2.75) is 0 Å². The van der Waals surface area contributed by atoms with E-state index in [2.05, 4.69) is 27.2 Å². The van der Waals surface area contributed by atoms with Gasteiger partial charge in [0.15, 0.2) is 17.3 Å². The van der Waals surface area contributed by atoms with Crippen LogP contribution < -0.4 is 14.4 Å². The molecule has 1 aliphatic heterocycles. The van der Waals surface area contributed by atoms with Crippen LogP contribution in [0.4, 0.5) is 5.69 Å². The van der Waals surface area contributed by atoms with E-state index in [1.807, 2.05) is 44.4 Å². The SMILES string of the molecule is CN(C)c1ccc(-c2nnc3sc(-c4ccc5c(c4)OCO5)nn23)cc1.Cl. The fraction of sp³-hybridized carbons (Fsp3) is 0.167. The van der Waals surface area contributed by atoms with Gasteiger partial charge in [-0.25, -0.2) is 0 Å². The Bertz CT molecular complexity index is 1110. The van der Waals surface area contributed by atoms with Gasteiger partial charge < -0.3 is 14.4 Å². The van der Waals surface area contributed by atoms with Gasteiger partial charge in [0.2, 0.25) is 11.8 Å².